The van der Waals surface area contributed by atoms with Gasteiger partial charge >= 0.3 is 0 Å². The fourth-order valence-electron chi connectivity index (χ4n) is 4.02. The van der Waals surface area contributed by atoms with Crippen LogP contribution in [-0.2, 0) is 6.54 Å². The predicted molar refractivity (Wildman–Crippen MR) is 115 cm³/mol. The van der Waals surface area contributed by atoms with Crippen LogP contribution in [0.25, 0.3) is 10.8 Å². The van der Waals surface area contributed by atoms with Gasteiger partial charge < -0.3 is 4.90 Å². The lowest BCUT2D eigenvalue weighted by molar-refractivity contribution is 0.112. The Bertz CT molecular complexity index is 1050. The number of carbonyl (C=O) groups excluding carboxylic acids is 1. The Morgan fingerprint density at radius 3 is 2.82 bits per heavy atom. The van der Waals surface area contributed by atoms with Crippen molar-refractivity contribution in [1.29, 1.82) is 0 Å². The third-order valence-electron chi connectivity index (χ3n) is 5.65. The molecule has 28 heavy (non-hydrogen) atoms. The number of carbonyl (C=O) groups is 1. The van der Waals surface area contributed by atoms with Crippen LogP contribution in [0.4, 0.5) is 5.69 Å². The fraction of sp³-hybridized carbons (Fsp3) is 0.250. The molecule has 141 valence electrons. The first-order valence-electron chi connectivity index (χ1n) is 9.52. The summed E-state index contributed by atoms with van der Waals surface area (Å²) in [5.41, 5.74) is 3.67. The molecule has 3 aromatic rings. The number of rotatable bonds is 5. The summed E-state index contributed by atoms with van der Waals surface area (Å²) in [4.78, 5) is 20.5. The molecule has 2 aromatic carbocycles. The molecule has 1 saturated heterocycles. The molecule has 0 saturated carbocycles. The smallest absolute Gasteiger partial charge is 0.151 e. The Hall–Kier alpha value is -3.16. The standard InChI is InChI=1S/C24H23N3O.H/c1-3-19-4-5-20-6-7-21(14-23(20)24(19)17-28)27-13-10-22(16-27)26(2)15-18-8-11-25-12-9-18;/h1,4-9,11-12,14,17,22H,10,13,15-16H2,2H3;. The Morgan fingerprint density at radius 1 is 1.29 bits per heavy atom. The normalized spacial score (nSPS) is 16.5. The molecule has 1 unspecified atom stereocenters. The van der Waals surface area contributed by atoms with Gasteiger partial charge in [-0.15, -0.1) is 6.42 Å². The van der Waals surface area contributed by atoms with E-state index in [2.05, 4.69) is 58.1 Å². The van der Waals surface area contributed by atoms with Crippen molar-refractivity contribution in [3.05, 3.63) is 71.5 Å². The van der Waals surface area contributed by atoms with E-state index in [1.165, 1.54) is 5.56 Å². The van der Waals surface area contributed by atoms with Gasteiger partial charge in [0.2, 0.25) is 0 Å². The number of aromatic nitrogens is 1. The van der Waals surface area contributed by atoms with E-state index in [1.807, 2.05) is 24.5 Å². The van der Waals surface area contributed by atoms with Crippen molar-refractivity contribution in [2.24, 2.45) is 0 Å². The third kappa shape index (κ3) is 3.49. The molecule has 1 aromatic heterocycles. The van der Waals surface area contributed by atoms with Gasteiger partial charge in [0, 0.05) is 56.3 Å². The van der Waals surface area contributed by atoms with Gasteiger partial charge in [-0.3, -0.25) is 14.7 Å². The van der Waals surface area contributed by atoms with E-state index in [0.717, 1.165) is 48.8 Å². The highest BCUT2D eigenvalue weighted by Crippen LogP contribution is 2.29. The molecule has 4 nitrogen and oxygen atoms in total. The minimum atomic E-state index is 0. The van der Waals surface area contributed by atoms with Gasteiger partial charge in [0.25, 0.3) is 0 Å². The summed E-state index contributed by atoms with van der Waals surface area (Å²) in [5.74, 6) is 2.62. The number of pyridine rings is 1. The number of terminal acetylenes is 1. The Labute approximate surface area is 167 Å². The molecule has 2 heterocycles. The number of likely N-dealkylation sites (N-methyl/N-ethyl adjacent to an activating group) is 1. The van der Waals surface area contributed by atoms with Crippen molar-refractivity contribution >= 4 is 22.7 Å². The minimum absolute atomic E-state index is 0. The molecule has 1 fully saturated rings. The predicted octanol–water partition coefficient (Wildman–Crippen LogP) is 3.85. The zero-order valence-electron chi connectivity index (χ0n) is 17.0. The van der Waals surface area contributed by atoms with Crippen molar-refractivity contribution in [3.8, 4) is 12.3 Å². The van der Waals surface area contributed by atoms with Gasteiger partial charge in [0.05, 0.1) is 0 Å². The monoisotopic (exact) mass is 370 g/mol. The van der Waals surface area contributed by atoms with Crippen LogP contribution in [0.5, 0.6) is 0 Å². The van der Waals surface area contributed by atoms with Crippen LogP contribution in [0.15, 0.2) is 54.9 Å². The lowest BCUT2D eigenvalue weighted by atomic mass is 9.99. The first-order chi connectivity index (χ1) is 13.7. The quantitative estimate of drug-likeness (QED) is 0.505. The molecule has 4 heteroatoms. The van der Waals surface area contributed by atoms with Gasteiger partial charge in [-0.2, -0.15) is 0 Å². The summed E-state index contributed by atoms with van der Waals surface area (Å²) in [6, 6.07) is 14.8. The van der Waals surface area contributed by atoms with Crippen LogP contribution in [-0.4, -0.2) is 42.3 Å². The van der Waals surface area contributed by atoms with Crippen LogP contribution < -0.4 is 4.90 Å². The highest BCUT2D eigenvalue weighted by Gasteiger charge is 2.26. The molecule has 0 aliphatic carbocycles. The zero-order valence-corrected chi connectivity index (χ0v) is 16.0. The molecule has 0 bridgehead atoms. The molecular weight excluding hydrogens is 346 g/mol. The molecular formula is C24H24N3O. The summed E-state index contributed by atoms with van der Waals surface area (Å²) in [7, 11) is 2.18. The van der Waals surface area contributed by atoms with E-state index in [0.29, 0.717) is 17.2 Å². The highest BCUT2D eigenvalue weighted by atomic mass is 16.1. The lowest BCUT2D eigenvalue weighted by Gasteiger charge is -2.25. The fourth-order valence-corrected chi connectivity index (χ4v) is 4.02. The zero-order chi connectivity index (χ0) is 19.5. The minimum Gasteiger partial charge on any atom is -0.370 e. The molecule has 0 spiro atoms. The van der Waals surface area contributed by atoms with Crippen LogP contribution in [0.2, 0.25) is 0 Å². The molecule has 0 N–H and O–H groups in total. The number of benzene rings is 2. The number of fused-ring (bicyclic) bond motifs is 1. The van der Waals surface area contributed by atoms with E-state index >= 15 is 0 Å². The summed E-state index contributed by atoms with van der Waals surface area (Å²) < 4.78 is 0. The van der Waals surface area contributed by atoms with Gasteiger partial charge in [0.15, 0.2) is 6.29 Å². The first kappa shape index (κ1) is 18.2. The second kappa shape index (κ2) is 7.84. The van der Waals surface area contributed by atoms with Crippen LogP contribution in [0, 0.1) is 12.3 Å². The summed E-state index contributed by atoms with van der Waals surface area (Å²) >= 11 is 0. The van der Waals surface area contributed by atoms with Crippen LogP contribution >= 0.6 is 0 Å². The largest absolute Gasteiger partial charge is 0.370 e. The van der Waals surface area contributed by atoms with Crippen LogP contribution in [0.1, 0.15) is 29.3 Å². The maximum atomic E-state index is 11.6. The number of hydrogen-bond acceptors (Lipinski definition) is 4. The van der Waals surface area contributed by atoms with Crippen molar-refractivity contribution < 1.29 is 6.22 Å². The summed E-state index contributed by atoms with van der Waals surface area (Å²) in [6.07, 6.45) is 11.2. The second-order valence-electron chi connectivity index (χ2n) is 7.35. The molecule has 1 atom stereocenters. The van der Waals surface area contributed by atoms with Gasteiger partial charge in [0.1, 0.15) is 0 Å². The third-order valence-corrected chi connectivity index (χ3v) is 5.65. The van der Waals surface area contributed by atoms with E-state index in [1.54, 1.807) is 0 Å². The number of hydrogen-bond donors (Lipinski definition) is 0. The number of anilines is 1. The van der Waals surface area contributed by atoms with Gasteiger partial charge in [-0.1, -0.05) is 18.1 Å². The van der Waals surface area contributed by atoms with Crippen molar-refractivity contribution in [3.63, 3.8) is 0 Å². The second-order valence-corrected chi connectivity index (χ2v) is 7.35. The molecule has 1 aliphatic rings. The van der Waals surface area contributed by atoms with Crippen molar-refractivity contribution in [2.45, 2.75) is 19.0 Å². The average Bonchev–Trinajstić information content (AvgIpc) is 3.23. The molecule has 1 aliphatic heterocycles. The van der Waals surface area contributed by atoms with Gasteiger partial charge in [-0.25, -0.2) is 0 Å². The highest BCUT2D eigenvalue weighted by molar-refractivity contribution is 6.01. The lowest BCUT2D eigenvalue weighted by Crippen LogP contribution is -2.34. The first-order valence-corrected chi connectivity index (χ1v) is 9.52. The maximum Gasteiger partial charge on any atom is 0.151 e. The van der Waals surface area contributed by atoms with E-state index in [4.69, 9.17) is 6.42 Å². The number of nitrogens with zero attached hydrogens (tertiary/aromatic N) is 3. The van der Waals surface area contributed by atoms with Gasteiger partial charge in [-0.05, 0) is 60.1 Å². The van der Waals surface area contributed by atoms with Crippen molar-refractivity contribution in [1.82, 2.24) is 9.88 Å². The number of aldehydes is 1. The van der Waals surface area contributed by atoms with E-state index in [-0.39, 0.29) is 1.43 Å². The Morgan fingerprint density at radius 2 is 2.07 bits per heavy atom. The SMILES string of the molecule is C#Cc1ccc2ccc(N3CCC(N(C)Cc4ccncc4)C3)cc2c1C=O.[H]. The molecule has 1 radical (unpaired) electrons. The Kier molecular flexibility index (Phi) is 5.10. The summed E-state index contributed by atoms with van der Waals surface area (Å²) in [5, 5.41) is 1.96. The molecule has 4 rings (SSSR count). The van der Waals surface area contributed by atoms with E-state index < -0.39 is 0 Å². The van der Waals surface area contributed by atoms with E-state index in [9.17, 15) is 4.79 Å². The van der Waals surface area contributed by atoms with Crippen molar-refractivity contribution in [2.75, 3.05) is 25.0 Å². The molecule has 0 amide bonds. The maximum absolute atomic E-state index is 11.6. The van der Waals surface area contributed by atoms with Crippen LogP contribution in [0.3, 0.4) is 0 Å². The summed E-state index contributed by atoms with van der Waals surface area (Å²) in [6.45, 7) is 2.89. The average molecular weight is 370 g/mol. The topological polar surface area (TPSA) is 36.4 Å². The Balaban J connectivity index is 0.00000240.